The molecule has 0 aromatic carbocycles. The van der Waals surface area contributed by atoms with E-state index in [4.69, 9.17) is 27.2 Å². The van der Waals surface area contributed by atoms with Gasteiger partial charge in [0.25, 0.3) is 0 Å². The van der Waals surface area contributed by atoms with Crippen molar-refractivity contribution < 1.29 is 32.0 Å². The number of hydrogen-bond acceptors (Lipinski definition) is 7. The van der Waals surface area contributed by atoms with Crippen LogP contribution in [0.1, 0.15) is 158 Å². The minimum atomic E-state index is -2.31. The second kappa shape index (κ2) is 34.4. The average molecular weight is 1120 g/mol. The number of ether oxygens (including phenoxy) is 2. The molecule has 430 valence electrons. The summed E-state index contributed by atoms with van der Waals surface area (Å²) in [5, 5.41) is 0. The smallest absolute Gasteiger partial charge is 0.336 e. The fraction of sp³-hybridized carbons (Fsp3) is 0.646. The van der Waals surface area contributed by atoms with Gasteiger partial charge in [-0.3, -0.25) is 0 Å². The van der Waals surface area contributed by atoms with Gasteiger partial charge >= 0.3 is 5.97 Å². The van der Waals surface area contributed by atoms with Crippen molar-refractivity contribution in [1.82, 2.24) is 0 Å². The van der Waals surface area contributed by atoms with Crippen molar-refractivity contribution in [3.05, 3.63) is 130 Å². The van der Waals surface area contributed by atoms with Gasteiger partial charge in [-0.05, 0) is 144 Å². The molecule has 76 heavy (non-hydrogen) atoms. The molecule has 0 spiro atoms. The standard InChI is InChI=1S/C65H112O7Si4/c1-21-73(22-2,23-3)67-51-59-60(70-74(24-4,25-5)26-6)61(71-75(27-7,28-8)29-9)62(72-76(30-10,31-11)32-12)64(68-59)69-63(66)57(18)46-37-45-54(15)43-35-41-52(13)39-33-34-40-53(14)42-36-44-55(16)48-49-58-56(17)47-38-50-65(58,19)20/h33-37,39-46,48-49,59-62,64H,21-32,38,47,50-51H2,1-20H3/b34-33+,41-35+,42-36+,45-37+,49-48+,52-39+,53-40+,54-43+,55-44+,57-46+/t59-,60-,61+,62-,64+/m0/s1. The number of carbonyl (C=O) groups excluding carboxylic acids is 1. The zero-order valence-electron chi connectivity index (χ0n) is 52.2. The van der Waals surface area contributed by atoms with Crippen molar-refractivity contribution in [1.29, 1.82) is 0 Å². The van der Waals surface area contributed by atoms with E-state index in [0.29, 0.717) is 12.2 Å². The van der Waals surface area contributed by atoms with Crippen LogP contribution in [0, 0.1) is 5.41 Å². The number of rotatable bonds is 33. The first kappa shape index (κ1) is 69.4. The highest BCUT2D eigenvalue weighted by atomic mass is 28.4. The second-order valence-corrected chi connectivity index (χ2v) is 41.6. The molecular weight excluding hydrogens is 1010 g/mol. The first-order chi connectivity index (χ1) is 36.1. The van der Waals surface area contributed by atoms with Crippen LogP contribution in [0.3, 0.4) is 0 Å². The molecule has 5 atom stereocenters. The molecule has 7 nitrogen and oxygen atoms in total. The zero-order chi connectivity index (χ0) is 57.2. The third kappa shape index (κ3) is 21.1. The van der Waals surface area contributed by atoms with Gasteiger partial charge in [0, 0.05) is 5.57 Å². The summed E-state index contributed by atoms with van der Waals surface area (Å²) in [5.41, 5.74) is 8.39. The molecule has 1 saturated heterocycles. The molecule has 0 radical (unpaired) electrons. The third-order valence-corrected chi connectivity index (χ3v) is 36.2. The Morgan fingerprint density at radius 1 is 0.526 bits per heavy atom. The van der Waals surface area contributed by atoms with E-state index in [1.165, 1.54) is 41.6 Å². The first-order valence-corrected chi connectivity index (χ1v) is 40.2. The Balaban J connectivity index is 2.42. The lowest BCUT2D eigenvalue weighted by atomic mass is 9.72. The van der Waals surface area contributed by atoms with E-state index >= 15 is 0 Å². The summed E-state index contributed by atoms with van der Waals surface area (Å²) >= 11 is 0. The quantitative estimate of drug-likeness (QED) is 0.0281. The van der Waals surface area contributed by atoms with Crippen LogP contribution in [0.2, 0.25) is 72.5 Å². The van der Waals surface area contributed by atoms with E-state index in [9.17, 15) is 4.79 Å². The summed E-state index contributed by atoms with van der Waals surface area (Å²) in [5.74, 6) is -0.431. The van der Waals surface area contributed by atoms with Crippen LogP contribution >= 0.6 is 0 Å². The van der Waals surface area contributed by atoms with Crippen LogP contribution < -0.4 is 0 Å². The molecule has 2 aliphatic rings. The molecule has 0 aromatic heterocycles. The van der Waals surface area contributed by atoms with Gasteiger partial charge in [0.1, 0.15) is 24.4 Å². The molecule has 11 heteroatoms. The Morgan fingerprint density at radius 2 is 0.908 bits per heavy atom. The van der Waals surface area contributed by atoms with Crippen molar-refractivity contribution in [3.8, 4) is 0 Å². The lowest BCUT2D eigenvalue weighted by Gasteiger charge is -2.52. The van der Waals surface area contributed by atoms with Crippen molar-refractivity contribution in [2.24, 2.45) is 5.41 Å². The maximum atomic E-state index is 14.4. The molecular formula is C65H112O7Si4. The maximum absolute atomic E-state index is 14.4. The molecule has 1 heterocycles. The summed E-state index contributed by atoms with van der Waals surface area (Å²) in [6.45, 7) is 44.9. The summed E-state index contributed by atoms with van der Waals surface area (Å²) in [7, 11) is -8.85. The number of carbonyl (C=O) groups is 1. The van der Waals surface area contributed by atoms with E-state index in [0.717, 1.165) is 83.7 Å². The van der Waals surface area contributed by atoms with Gasteiger partial charge in [0.05, 0.1) is 6.61 Å². The largest absolute Gasteiger partial charge is 0.429 e. The summed E-state index contributed by atoms with van der Waals surface area (Å²) in [4.78, 5) is 14.4. The molecule has 1 aliphatic heterocycles. The molecule has 0 amide bonds. The van der Waals surface area contributed by atoms with Crippen LogP contribution in [0.25, 0.3) is 0 Å². The number of esters is 1. The summed E-state index contributed by atoms with van der Waals surface area (Å²) in [6, 6.07) is 11.8. The van der Waals surface area contributed by atoms with Gasteiger partial charge < -0.3 is 27.2 Å². The topological polar surface area (TPSA) is 72.5 Å². The van der Waals surface area contributed by atoms with E-state index in [1.807, 2.05) is 25.2 Å². The second-order valence-electron chi connectivity index (χ2n) is 22.7. The molecule has 0 bridgehead atoms. The lowest BCUT2D eigenvalue weighted by Crippen LogP contribution is -2.68. The lowest BCUT2D eigenvalue weighted by molar-refractivity contribution is -0.281. The highest BCUT2D eigenvalue weighted by Crippen LogP contribution is 2.42. The molecule has 2 rings (SSSR count). The van der Waals surface area contributed by atoms with Crippen molar-refractivity contribution in [2.45, 2.75) is 261 Å². The van der Waals surface area contributed by atoms with Gasteiger partial charge in [-0.15, -0.1) is 0 Å². The third-order valence-electron chi connectivity index (χ3n) is 17.6. The fourth-order valence-corrected chi connectivity index (χ4v) is 22.0. The SMILES string of the molecule is CC[Si](CC)(CC)OC[C@@H]1O[C@H](OC(=O)/C(C)=C/C=C/C(C)=C/C=C/C(C)=C/C=C/C=C(C)/C=C/C=C(C)/C=C/C2=C(C)CCCC2(C)C)[C@@H](O[Si](CC)(CC)CC)[C@H](O[Si](CC)(CC)CC)[C@H]1O[Si](CC)(CC)CC. The van der Waals surface area contributed by atoms with Crippen molar-refractivity contribution in [2.75, 3.05) is 6.61 Å². The molecule has 1 aliphatic carbocycles. The van der Waals surface area contributed by atoms with Crippen LogP contribution in [-0.4, -0.2) is 76.6 Å². The van der Waals surface area contributed by atoms with Crippen LogP contribution in [0.4, 0.5) is 0 Å². The number of allylic oxidation sites excluding steroid dienone is 21. The van der Waals surface area contributed by atoms with E-state index in [-0.39, 0.29) is 5.41 Å². The van der Waals surface area contributed by atoms with Crippen LogP contribution in [0.5, 0.6) is 0 Å². The van der Waals surface area contributed by atoms with Crippen molar-refractivity contribution in [3.63, 3.8) is 0 Å². The van der Waals surface area contributed by atoms with Crippen molar-refractivity contribution >= 4 is 39.2 Å². The zero-order valence-corrected chi connectivity index (χ0v) is 56.2. The monoisotopic (exact) mass is 1120 g/mol. The Bertz CT molecular complexity index is 2080. The minimum Gasteiger partial charge on any atom is -0.429 e. The predicted molar refractivity (Wildman–Crippen MR) is 339 cm³/mol. The summed E-state index contributed by atoms with van der Waals surface area (Å²) in [6.07, 6.45) is 32.2. The molecule has 1 fully saturated rings. The van der Waals surface area contributed by atoms with Crippen LogP contribution in [0.15, 0.2) is 130 Å². The Kier molecular flexibility index (Phi) is 31.4. The van der Waals surface area contributed by atoms with Gasteiger partial charge in [0.15, 0.2) is 33.3 Å². The van der Waals surface area contributed by atoms with Gasteiger partial charge in [-0.25, -0.2) is 4.79 Å². The average Bonchev–Trinajstić information content (AvgIpc) is 3.41. The Hall–Kier alpha value is -2.72. The predicted octanol–water partition coefficient (Wildman–Crippen LogP) is 19.5. The van der Waals surface area contributed by atoms with E-state index in [2.05, 4.69) is 204 Å². The Labute approximate surface area is 471 Å². The highest BCUT2D eigenvalue weighted by molar-refractivity contribution is 6.75. The molecule has 0 saturated carbocycles. The minimum absolute atomic E-state index is 0.254. The molecule has 0 N–H and O–H groups in total. The van der Waals surface area contributed by atoms with E-state index in [1.54, 1.807) is 0 Å². The number of hydrogen-bond donors (Lipinski definition) is 0. The van der Waals surface area contributed by atoms with E-state index < -0.39 is 69.9 Å². The van der Waals surface area contributed by atoms with Gasteiger partial charge in [0.2, 0.25) is 6.29 Å². The normalized spacial score (nSPS) is 22.5. The summed E-state index contributed by atoms with van der Waals surface area (Å²) < 4.78 is 43.7. The molecule has 0 unspecified atom stereocenters. The maximum Gasteiger partial charge on any atom is 0.336 e. The first-order valence-electron chi connectivity index (χ1n) is 30.1. The fourth-order valence-electron chi connectivity index (χ4n) is 10.9. The van der Waals surface area contributed by atoms with Gasteiger partial charge in [-0.2, -0.15) is 0 Å². The Morgan fingerprint density at radius 3 is 1.33 bits per heavy atom. The molecule has 0 aromatic rings. The van der Waals surface area contributed by atoms with Crippen LogP contribution in [-0.2, 0) is 32.0 Å². The van der Waals surface area contributed by atoms with Gasteiger partial charge in [-0.1, -0.05) is 216 Å². The highest BCUT2D eigenvalue weighted by Gasteiger charge is 2.56.